The first-order valence-electron chi connectivity index (χ1n) is 23.7. The number of benzene rings is 7. The number of aromatic carboxylic acids is 4. The minimum Gasteiger partial charge on any atom is -0.489 e. The number of aromatic amines is 2. The highest BCUT2D eigenvalue weighted by atomic mass is 35.5. The van der Waals surface area contributed by atoms with Gasteiger partial charge in [-0.25, -0.2) is 38.7 Å². The average molecular weight is 1110 g/mol. The Hall–Kier alpha value is -9.95. The van der Waals surface area contributed by atoms with E-state index >= 15 is 0 Å². The Labute approximate surface area is 458 Å². The molecular weight excluding hydrogens is 1080 g/mol. The SMILES string of the molecule is C[n+]1c2nc3[nH]c(nc4nc(nc5[nH]c(nc1-c1ccccc1-2)c1c(Cl)c(Oc2cc(COc6cc(C(=O)O)cc(C(=O)O)c6)cc(COc6cc(C(=O)O)cc(C(=O)O)c6)c2)c(Cl)c(Cl)c51)-c1ccccc1-4)c1ccccc31. The lowest BCUT2D eigenvalue weighted by Crippen LogP contribution is -2.30. The molecule has 0 unspecified atom stereocenters. The highest BCUT2D eigenvalue weighted by Gasteiger charge is 2.31. The van der Waals surface area contributed by atoms with Crippen LogP contribution in [0.2, 0.25) is 15.1 Å². The lowest BCUT2D eigenvalue weighted by atomic mass is 10.1. The van der Waals surface area contributed by atoms with Gasteiger partial charge in [-0.3, -0.25) is 0 Å². The van der Waals surface area contributed by atoms with Crippen molar-refractivity contribution in [2.45, 2.75) is 13.2 Å². The van der Waals surface area contributed by atoms with Crippen molar-refractivity contribution in [3.63, 3.8) is 0 Å². The van der Waals surface area contributed by atoms with E-state index < -0.39 is 23.9 Å². The monoisotopic (exact) mass is 1110 g/mol. The molecule has 388 valence electrons. The summed E-state index contributed by atoms with van der Waals surface area (Å²) in [6.45, 7) is -0.590. The lowest BCUT2D eigenvalue weighted by Gasteiger charge is -2.16. The highest BCUT2D eigenvalue weighted by molar-refractivity contribution is 6.51. The van der Waals surface area contributed by atoms with Gasteiger partial charge in [-0.15, -0.1) is 0 Å². The van der Waals surface area contributed by atoms with Gasteiger partial charge in [-0.2, -0.15) is 0 Å². The van der Waals surface area contributed by atoms with Crippen LogP contribution in [0.3, 0.4) is 0 Å². The number of carboxylic acids is 4. The standard InChI is InChI=1S/C57H33Cl3N8O11/c1-68-52-38-12-6-7-13-39(38)53(68)67-51-41-40(50(65-51)64-48-35-9-3-2-8-34(35)46(62-48)61-47-36-10-4-5-11-37(36)49(63-47)66-52)42(58)44(60)45(43(41)59)79-33-15-25(23-77-31-19-27(54(69)70)17-28(20-31)55(71)72)14-26(16-33)24-78-32-21-29(56(73)74)18-30(22-32)57(75)76/h2-22H,23-24H2,1H3,(H5,61,62,63,64,65,66,67,69,70,71,72,73,74,75,76)/p+1. The van der Waals surface area contributed by atoms with E-state index in [2.05, 4.69) is 9.97 Å². The Morgan fingerprint density at radius 1 is 0.468 bits per heavy atom. The molecule has 22 heteroatoms. The van der Waals surface area contributed by atoms with Gasteiger partial charge in [0.25, 0.3) is 11.6 Å². The summed E-state index contributed by atoms with van der Waals surface area (Å²) in [6.07, 6.45) is 0. The first-order valence-corrected chi connectivity index (χ1v) is 24.8. The summed E-state index contributed by atoms with van der Waals surface area (Å²) < 4.78 is 20.4. The Bertz CT molecular complexity index is 4360. The molecule has 5 heterocycles. The van der Waals surface area contributed by atoms with E-state index in [0.29, 0.717) is 56.8 Å². The van der Waals surface area contributed by atoms with E-state index in [1.807, 2.05) is 84.4 Å². The van der Waals surface area contributed by atoms with E-state index in [0.717, 1.165) is 58.3 Å². The van der Waals surface area contributed by atoms with Gasteiger partial charge in [0, 0.05) is 21.9 Å². The molecule has 10 aromatic rings. The predicted octanol–water partition coefficient (Wildman–Crippen LogP) is 12.0. The number of carbonyl (C=O) groups is 4. The van der Waals surface area contributed by atoms with Crippen LogP contribution < -0.4 is 18.8 Å². The average Bonchev–Trinajstić information content (AvgIpc) is 4.39. The van der Waals surface area contributed by atoms with Crippen molar-refractivity contribution < 1.29 is 58.4 Å². The van der Waals surface area contributed by atoms with Gasteiger partial charge in [0.05, 0.1) is 61.2 Å². The quantitative estimate of drug-likeness (QED) is 0.0490. The Morgan fingerprint density at radius 2 is 0.873 bits per heavy atom. The summed E-state index contributed by atoms with van der Waals surface area (Å²) in [4.78, 5) is 80.1. The van der Waals surface area contributed by atoms with Gasteiger partial charge < -0.3 is 44.6 Å². The van der Waals surface area contributed by atoms with Gasteiger partial charge in [-0.05, 0) is 83.9 Å². The predicted molar refractivity (Wildman–Crippen MR) is 290 cm³/mol. The van der Waals surface area contributed by atoms with Gasteiger partial charge in [0.15, 0.2) is 17.4 Å². The number of ether oxygens (including phenoxy) is 3. The Balaban J connectivity index is 1.05. The maximum absolute atomic E-state index is 11.9. The third-order valence-corrected chi connectivity index (χ3v) is 14.3. The number of fused-ring (bicyclic) bond motifs is 20. The zero-order valence-corrected chi connectivity index (χ0v) is 42.8. The minimum atomic E-state index is -1.38. The number of H-pyrrole nitrogens is 2. The van der Waals surface area contributed by atoms with Crippen LogP contribution in [0.15, 0.2) is 127 Å². The number of carboxylic acid groups (broad SMARTS) is 4. The van der Waals surface area contributed by atoms with Crippen LogP contribution in [0.25, 0.3) is 89.7 Å². The molecule has 0 saturated heterocycles. The highest BCUT2D eigenvalue weighted by Crippen LogP contribution is 2.50. The lowest BCUT2D eigenvalue weighted by molar-refractivity contribution is -0.650. The molecule has 0 spiro atoms. The van der Waals surface area contributed by atoms with Crippen molar-refractivity contribution in [1.29, 1.82) is 0 Å². The van der Waals surface area contributed by atoms with E-state index in [1.165, 1.54) is 0 Å². The zero-order chi connectivity index (χ0) is 55.0. The second-order valence-electron chi connectivity index (χ2n) is 18.1. The van der Waals surface area contributed by atoms with Crippen LogP contribution in [-0.2, 0) is 20.3 Å². The molecule has 0 radical (unpaired) electrons. The molecule has 3 aromatic heterocycles. The van der Waals surface area contributed by atoms with Crippen LogP contribution in [0.1, 0.15) is 52.6 Å². The van der Waals surface area contributed by atoms with E-state index in [4.69, 9.17) is 73.9 Å². The molecule has 0 atom stereocenters. The number of nitrogens with one attached hydrogen (secondary N) is 2. The third-order valence-electron chi connectivity index (χ3n) is 13.1. The second kappa shape index (κ2) is 19.6. The smallest absolute Gasteiger partial charge is 0.335 e. The van der Waals surface area contributed by atoms with Crippen molar-refractivity contribution in [2.24, 2.45) is 7.05 Å². The van der Waals surface area contributed by atoms with E-state index in [-0.39, 0.29) is 95.6 Å². The maximum atomic E-state index is 11.9. The minimum absolute atomic E-state index is 0.0353. The van der Waals surface area contributed by atoms with Crippen LogP contribution in [-0.4, -0.2) is 79.2 Å². The summed E-state index contributed by atoms with van der Waals surface area (Å²) in [5.74, 6) is -4.00. The Morgan fingerprint density at radius 3 is 1.37 bits per heavy atom. The van der Waals surface area contributed by atoms with Crippen molar-refractivity contribution in [3.05, 3.63) is 176 Å². The molecule has 8 bridgehead atoms. The molecule has 2 aliphatic heterocycles. The number of nitrogens with zero attached hydrogens (tertiary/aromatic N) is 6. The summed E-state index contributed by atoms with van der Waals surface area (Å²) in [7, 11) is 1.84. The molecule has 0 aliphatic carbocycles. The van der Waals surface area contributed by atoms with Crippen LogP contribution >= 0.6 is 34.8 Å². The van der Waals surface area contributed by atoms with Crippen LogP contribution in [0, 0.1) is 0 Å². The number of hydrogen-bond acceptors (Lipinski definition) is 12. The van der Waals surface area contributed by atoms with E-state index in [1.54, 1.807) is 18.2 Å². The Kier molecular flexibility index (Phi) is 12.4. The van der Waals surface area contributed by atoms with Crippen molar-refractivity contribution in [3.8, 4) is 68.5 Å². The first kappa shape index (κ1) is 49.9. The number of hydrogen-bond donors (Lipinski definition) is 6. The number of aromatic nitrogens is 8. The molecule has 2 aliphatic rings. The molecule has 7 aromatic carbocycles. The van der Waals surface area contributed by atoms with Crippen molar-refractivity contribution in [2.75, 3.05) is 0 Å². The largest absolute Gasteiger partial charge is 0.489 e. The summed E-state index contributed by atoms with van der Waals surface area (Å²) >= 11 is 22.1. The normalized spacial score (nSPS) is 11.5. The third kappa shape index (κ3) is 9.06. The van der Waals surface area contributed by atoms with Gasteiger partial charge in [-0.1, -0.05) is 99.4 Å². The second-order valence-corrected chi connectivity index (χ2v) is 19.2. The van der Waals surface area contributed by atoms with Crippen molar-refractivity contribution in [1.82, 2.24) is 34.9 Å². The fourth-order valence-electron chi connectivity index (χ4n) is 9.45. The fourth-order valence-corrected chi connectivity index (χ4v) is 10.3. The first-order chi connectivity index (χ1) is 38.1. The molecule has 0 fully saturated rings. The number of rotatable bonds is 12. The molecule has 0 amide bonds. The van der Waals surface area contributed by atoms with Gasteiger partial charge in [0.2, 0.25) is 11.3 Å². The van der Waals surface area contributed by atoms with Gasteiger partial charge in [0.1, 0.15) is 46.8 Å². The van der Waals surface area contributed by atoms with E-state index in [9.17, 15) is 39.6 Å². The molecule has 79 heavy (non-hydrogen) atoms. The van der Waals surface area contributed by atoms with Gasteiger partial charge >= 0.3 is 23.9 Å². The zero-order valence-electron chi connectivity index (χ0n) is 40.5. The summed E-state index contributed by atoms with van der Waals surface area (Å²) in [5.41, 5.74) is 3.82. The maximum Gasteiger partial charge on any atom is 0.335 e. The molecule has 19 nitrogen and oxygen atoms in total. The molecule has 12 rings (SSSR count). The van der Waals surface area contributed by atoms with Crippen LogP contribution in [0.4, 0.5) is 0 Å². The summed E-state index contributed by atoms with van der Waals surface area (Å²) in [6, 6.07) is 34.3. The fraction of sp³-hybridized carbons (Fsp3) is 0.0526. The van der Waals surface area contributed by atoms with Crippen LogP contribution in [0.5, 0.6) is 23.0 Å². The topological polar surface area (TPSA) is 277 Å². The number of halogens is 3. The molecular formula is C57H34Cl3N8O11+. The van der Waals surface area contributed by atoms with Crippen molar-refractivity contribution >= 4 is 103 Å². The molecule has 6 N–H and O–H groups in total. The summed E-state index contributed by atoms with van der Waals surface area (Å²) in [5, 5.41) is 40.8. The molecule has 0 saturated carbocycles.